The Morgan fingerprint density at radius 2 is 2.22 bits per heavy atom. The number of methoxy groups -OCH3 is 1. The van der Waals surface area contributed by atoms with Gasteiger partial charge in [-0.05, 0) is 18.0 Å². The number of rotatable bonds is 3. The standard InChI is InChI=1S/C12H18N2O4/c1-3-8-17-11-9-4-6-14(12(15)16-2)7-5-10(9)18-13-11/h3-8H2,1-2H3. The second-order valence-electron chi connectivity index (χ2n) is 4.19. The Bertz CT molecular complexity index is 416. The third-order valence-electron chi connectivity index (χ3n) is 2.95. The first-order chi connectivity index (χ1) is 8.76. The van der Waals surface area contributed by atoms with E-state index in [4.69, 9.17) is 14.0 Å². The van der Waals surface area contributed by atoms with Gasteiger partial charge >= 0.3 is 6.09 Å². The van der Waals surface area contributed by atoms with Gasteiger partial charge in [0.1, 0.15) is 5.76 Å². The van der Waals surface area contributed by atoms with Gasteiger partial charge in [0.05, 0.1) is 19.3 Å². The van der Waals surface area contributed by atoms with E-state index >= 15 is 0 Å². The summed E-state index contributed by atoms with van der Waals surface area (Å²) in [4.78, 5) is 13.1. The smallest absolute Gasteiger partial charge is 0.409 e. The minimum atomic E-state index is -0.302. The Balaban J connectivity index is 2.06. The first kappa shape index (κ1) is 12.7. The fraction of sp³-hybridized carbons (Fsp3) is 0.667. The van der Waals surface area contributed by atoms with E-state index in [1.165, 1.54) is 7.11 Å². The average molecular weight is 254 g/mol. The van der Waals surface area contributed by atoms with Crippen molar-refractivity contribution in [2.24, 2.45) is 0 Å². The lowest BCUT2D eigenvalue weighted by atomic mass is 10.2. The van der Waals surface area contributed by atoms with E-state index in [0.29, 0.717) is 38.4 Å². The highest BCUT2D eigenvalue weighted by Gasteiger charge is 2.25. The topological polar surface area (TPSA) is 64.8 Å². The quantitative estimate of drug-likeness (QED) is 0.820. The molecule has 0 aliphatic carbocycles. The molecule has 1 aliphatic heterocycles. The molecule has 0 N–H and O–H groups in total. The predicted octanol–water partition coefficient (Wildman–Crippen LogP) is 1.63. The molecule has 0 bridgehead atoms. The van der Waals surface area contributed by atoms with Gasteiger partial charge in [0.2, 0.25) is 0 Å². The van der Waals surface area contributed by atoms with E-state index in [-0.39, 0.29) is 6.09 Å². The number of carbonyl (C=O) groups is 1. The molecule has 0 fully saturated rings. The van der Waals surface area contributed by atoms with Gasteiger partial charge in [0.15, 0.2) is 0 Å². The zero-order chi connectivity index (χ0) is 13.0. The summed E-state index contributed by atoms with van der Waals surface area (Å²) >= 11 is 0. The molecule has 1 aliphatic rings. The molecule has 18 heavy (non-hydrogen) atoms. The van der Waals surface area contributed by atoms with Crippen molar-refractivity contribution in [3.8, 4) is 5.88 Å². The summed E-state index contributed by atoms with van der Waals surface area (Å²) in [7, 11) is 1.39. The van der Waals surface area contributed by atoms with E-state index in [9.17, 15) is 4.79 Å². The van der Waals surface area contributed by atoms with Crippen LogP contribution in [-0.2, 0) is 17.6 Å². The minimum absolute atomic E-state index is 0.302. The van der Waals surface area contributed by atoms with Gasteiger partial charge in [-0.25, -0.2) is 4.79 Å². The molecule has 2 rings (SSSR count). The summed E-state index contributed by atoms with van der Waals surface area (Å²) < 4.78 is 15.5. The number of hydrogen-bond donors (Lipinski definition) is 0. The molecule has 0 saturated carbocycles. The predicted molar refractivity (Wildman–Crippen MR) is 63.7 cm³/mol. The fourth-order valence-corrected chi connectivity index (χ4v) is 1.99. The molecule has 100 valence electrons. The zero-order valence-corrected chi connectivity index (χ0v) is 10.8. The molecule has 0 radical (unpaired) electrons. The van der Waals surface area contributed by atoms with E-state index in [1.807, 2.05) is 6.92 Å². The minimum Gasteiger partial charge on any atom is -0.475 e. The lowest BCUT2D eigenvalue weighted by molar-refractivity contribution is 0.124. The van der Waals surface area contributed by atoms with Gasteiger partial charge in [0, 0.05) is 19.5 Å². The highest BCUT2D eigenvalue weighted by Crippen LogP contribution is 2.25. The summed E-state index contributed by atoms with van der Waals surface area (Å²) in [5.74, 6) is 1.38. The lowest BCUT2D eigenvalue weighted by Crippen LogP contribution is -2.33. The van der Waals surface area contributed by atoms with Crippen molar-refractivity contribution in [2.45, 2.75) is 26.2 Å². The van der Waals surface area contributed by atoms with Gasteiger partial charge in [-0.2, -0.15) is 0 Å². The van der Waals surface area contributed by atoms with Gasteiger partial charge in [0.25, 0.3) is 5.88 Å². The van der Waals surface area contributed by atoms with E-state index in [0.717, 1.165) is 17.7 Å². The number of hydrogen-bond acceptors (Lipinski definition) is 5. The summed E-state index contributed by atoms with van der Waals surface area (Å²) in [6.45, 7) is 3.85. The van der Waals surface area contributed by atoms with Crippen LogP contribution >= 0.6 is 0 Å². The average Bonchev–Trinajstić information content (AvgIpc) is 2.65. The van der Waals surface area contributed by atoms with E-state index in [2.05, 4.69) is 5.16 Å². The molecule has 1 amide bonds. The van der Waals surface area contributed by atoms with Crippen molar-refractivity contribution in [2.75, 3.05) is 26.8 Å². The van der Waals surface area contributed by atoms with Gasteiger partial charge < -0.3 is 18.9 Å². The lowest BCUT2D eigenvalue weighted by Gasteiger charge is -2.17. The van der Waals surface area contributed by atoms with E-state index < -0.39 is 0 Å². The van der Waals surface area contributed by atoms with Crippen molar-refractivity contribution >= 4 is 6.09 Å². The van der Waals surface area contributed by atoms with Crippen molar-refractivity contribution in [1.82, 2.24) is 10.1 Å². The van der Waals surface area contributed by atoms with Gasteiger partial charge in [-0.1, -0.05) is 6.92 Å². The second kappa shape index (κ2) is 5.75. The summed E-state index contributed by atoms with van der Waals surface area (Å²) in [5.41, 5.74) is 0.981. The Morgan fingerprint density at radius 3 is 2.94 bits per heavy atom. The highest BCUT2D eigenvalue weighted by atomic mass is 16.5. The maximum absolute atomic E-state index is 11.5. The molecular formula is C12H18N2O4. The van der Waals surface area contributed by atoms with Crippen LogP contribution < -0.4 is 4.74 Å². The molecule has 0 atom stereocenters. The first-order valence-corrected chi connectivity index (χ1v) is 6.19. The number of ether oxygens (including phenoxy) is 2. The molecule has 2 heterocycles. The number of nitrogens with zero attached hydrogens (tertiary/aromatic N) is 2. The maximum atomic E-state index is 11.5. The van der Waals surface area contributed by atoms with E-state index in [1.54, 1.807) is 4.90 Å². The second-order valence-corrected chi connectivity index (χ2v) is 4.19. The number of fused-ring (bicyclic) bond motifs is 1. The summed E-state index contributed by atoms with van der Waals surface area (Å²) in [6, 6.07) is 0. The van der Waals surface area contributed by atoms with Crippen LogP contribution in [0.5, 0.6) is 5.88 Å². The largest absolute Gasteiger partial charge is 0.475 e. The molecule has 6 nitrogen and oxygen atoms in total. The van der Waals surface area contributed by atoms with Crippen LogP contribution in [0, 0.1) is 0 Å². The first-order valence-electron chi connectivity index (χ1n) is 6.19. The number of aromatic nitrogens is 1. The SMILES string of the molecule is CCCOc1noc2c1CCN(C(=O)OC)CC2. The third-order valence-corrected chi connectivity index (χ3v) is 2.95. The monoisotopic (exact) mass is 254 g/mol. The zero-order valence-electron chi connectivity index (χ0n) is 10.8. The van der Waals surface area contributed by atoms with Gasteiger partial charge in [-0.15, -0.1) is 0 Å². The van der Waals surface area contributed by atoms with Crippen molar-refractivity contribution < 1.29 is 18.8 Å². The fourth-order valence-electron chi connectivity index (χ4n) is 1.99. The Labute approximate surface area is 106 Å². The molecule has 0 saturated heterocycles. The van der Waals surface area contributed by atoms with Crippen LogP contribution in [0.1, 0.15) is 24.7 Å². The normalized spacial score (nSPS) is 14.9. The van der Waals surface area contributed by atoms with Crippen molar-refractivity contribution in [3.63, 3.8) is 0 Å². The molecule has 0 unspecified atom stereocenters. The molecule has 1 aromatic rings. The summed E-state index contributed by atoms with van der Waals surface area (Å²) in [5, 5.41) is 3.94. The molecule has 0 aromatic carbocycles. The molecule has 6 heteroatoms. The van der Waals surface area contributed by atoms with Crippen molar-refractivity contribution in [3.05, 3.63) is 11.3 Å². The van der Waals surface area contributed by atoms with Crippen molar-refractivity contribution in [1.29, 1.82) is 0 Å². The highest BCUT2D eigenvalue weighted by molar-refractivity contribution is 5.67. The molecular weight excluding hydrogens is 236 g/mol. The van der Waals surface area contributed by atoms with Crippen LogP contribution in [0.2, 0.25) is 0 Å². The Hall–Kier alpha value is -1.72. The van der Waals surface area contributed by atoms with Crippen LogP contribution in [0.3, 0.4) is 0 Å². The van der Waals surface area contributed by atoms with Crippen LogP contribution in [0.25, 0.3) is 0 Å². The van der Waals surface area contributed by atoms with Gasteiger partial charge in [-0.3, -0.25) is 0 Å². The molecule has 0 spiro atoms. The maximum Gasteiger partial charge on any atom is 0.409 e. The Kier molecular flexibility index (Phi) is 4.07. The van der Waals surface area contributed by atoms with Crippen LogP contribution in [-0.4, -0.2) is 43.0 Å². The number of amides is 1. The van der Waals surface area contributed by atoms with Crippen LogP contribution in [0.4, 0.5) is 4.79 Å². The summed E-state index contributed by atoms with van der Waals surface area (Å²) in [6.07, 6.45) is 1.96. The van der Waals surface area contributed by atoms with Crippen LogP contribution in [0.15, 0.2) is 4.52 Å². The molecule has 1 aromatic heterocycles. The third kappa shape index (κ3) is 2.57. The number of carbonyl (C=O) groups excluding carboxylic acids is 1. The Morgan fingerprint density at radius 1 is 1.44 bits per heavy atom.